The van der Waals surface area contributed by atoms with Crippen molar-refractivity contribution < 1.29 is 25.7 Å². The highest BCUT2D eigenvalue weighted by atomic mass is 32.3. The lowest BCUT2D eigenvalue weighted by Gasteiger charge is -2.24. The Morgan fingerprint density at radius 2 is 1.26 bits per heavy atom. The van der Waals surface area contributed by atoms with Crippen molar-refractivity contribution in [2.45, 2.75) is 16.7 Å². The Morgan fingerprint density at radius 3 is 1.72 bits per heavy atom. The molecule has 0 aliphatic rings. The van der Waals surface area contributed by atoms with E-state index in [4.69, 9.17) is 8.83 Å². The third-order valence-corrected chi connectivity index (χ3v) is 9.98. The van der Waals surface area contributed by atoms with E-state index in [1.807, 2.05) is 0 Å². The number of hydrogen-bond acceptors (Lipinski definition) is 10. The van der Waals surface area contributed by atoms with Crippen molar-refractivity contribution >= 4 is 31.5 Å². The van der Waals surface area contributed by atoms with Crippen LogP contribution >= 0.6 is 0 Å². The summed E-state index contributed by atoms with van der Waals surface area (Å²) in [5.74, 6) is 0.628. The number of nitrogens with zero attached hydrogens (tertiary/aromatic N) is 6. The van der Waals surface area contributed by atoms with Crippen LogP contribution in [0.3, 0.4) is 0 Å². The fourth-order valence-electron chi connectivity index (χ4n) is 4.00. The summed E-state index contributed by atoms with van der Waals surface area (Å²) < 4.78 is 68.4. The summed E-state index contributed by atoms with van der Waals surface area (Å²) in [6.07, 6.45) is 6.79. The molecule has 2 aromatic carbocycles. The van der Waals surface area contributed by atoms with E-state index in [2.05, 4.69) is 20.1 Å². The van der Waals surface area contributed by atoms with Crippen LogP contribution in [0.2, 0.25) is 0 Å². The van der Waals surface area contributed by atoms with Crippen molar-refractivity contribution in [2.75, 3.05) is 3.71 Å². The molecule has 12 nitrogen and oxygen atoms in total. The molecule has 0 atom stereocenters. The van der Waals surface area contributed by atoms with Crippen molar-refractivity contribution in [3.63, 3.8) is 0 Å². The SMILES string of the molecule is Cc1cc2nccc(N(S(=O)(=O)c3ccc(-c4cnco4)cc3)S(=O)(=O)c3ccc(-c4cnco4)cc3)n2n1. The fraction of sp³-hybridized carbons (Fsp3) is 0.0400. The molecule has 6 rings (SSSR count). The first kappa shape index (κ1) is 24.5. The van der Waals surface area contributed by atoms with Crippen LogP contribution < -0.4 is 3.71 Å². The number of benzene rings is 2. The van der Waals surface area contributed by atoms with Crippen LogP contribution in [0.25, 0.3) is 28.3 Å². The lowest BCUT2D eigenvalue weighted by Crippen LogP contribution is -2.38. The zero-order valence-electron chi connectivity index (χ0n) is 20.1. The van der Waals surface area contributed by atoms with E-state index >= 15 is 0 Å². The Morgan fingerprint density at radius 1 is 0.744 bits per heavy atom. The van der Waals surface area contributed by atoms with Gasteiger partial charge in [-0.2, -0.15) is 26.4 Å². The zero-order chi connectivity index (χ0) is 27.2. The molecule has 0 spiro atoms. The van der Waals surface area contributed by atoms with Crippen molar-refractivity contribution in [1.29, 1.82) is 0 Å². The van der Waals surface area contributed by atoms with Crippen molar-refractivity contribution in [3.8, 4) is 22.6 Å². The van der Waals surface area contributed by atoms with Crippen LogP contribution in [0, 0.1) is 6.92 Å². The van der Waals surface area contributed by atoms with Crippen molar-refractivity contribution in [2.24, 2.45) is 0 Å². The highest BCUT2D eigenvalue weighted by molar-refractivity contribution is 8.10. The van der Waals surface area contributed by atoms with E-state index in [1.165, 1.54) is 90.5 Å². The van der Waals surface area contributed by atoms with Gasteiger partial charge in [-0.15, -0.1) is 3.71 Å². The third kappa shape index (κ3) is 4.24. The van der Waals surface area contributed by atoms with Gasteiger partial charge in [0.15, 0.2) is 35.8 Å². The van der Waals surface area contributed by atoms with E-state index in [1.54, 1.807) is 13.0 Å². The highest BCUT2D eigenvalue weighted by Gasteiger charge is 2.39. The summed E-state index contributed by atoms with van der Waals surface area (Å²) in [6, 6.07) is 14.1. The van der Waals surface area contributed by atoms with E-state index in [9.17, 15) is 16.8 Å². The molecule has 39 heavy (non-hydrogen) atoms. The predicted molar refractivity (Wildman–Crippen MR) is 138 cm³/mol. The molecule has 0 saturated heterocycles. The largest absolute Gasteiger partial charge is 0.444 e. The Balaban J connectivity index is 1.51. The average molecular weight is 563 g/mol. The van der Waals surface area contributed by atoms with Crippen LogP contribution in [0.15, 0.2) is 111 Å². The van der Waals surface area contributed by atoms with E-state index < -0.39 is 20.0 Å². The van der Waals surface area contributed by atoms with E-state index in [-0.39, 0.29) is 21.3 Å². The third-order valence-electron chi connectivity index (χ3n) is 5.82. The first-order chi connectivity index (χ1) is 18.7. The monoisotopic (exact) mass is 562 g/mol. The molecular weight excluding hydrogens is 544 g/mol. The quantitative estimate of drug-likeness (QED) is 0.279. The van der Waals surface area contributed by atoms with Gasteiger partial charge in [0.2, 0.25) is 0 Å². The molecule has 0 unspecified atom stereocenters. The minimum atomic E-state index is -4.70. The van der Waals surface area contributed by atoms with Crippen LogP contribution in [0.5, 0.6) is 0 Å². The normalized spacial score (nSPS) is 12.1. The number of sulfonamides is 2. The summed E-state index contributed by atoms with van der Waals surface area (Å²) in [5, 5.41) is 4.29. The second-order valence-corrected chi connectivity index (χ2v) is 12.2. The van der Waals surface area contributed by atoms with Gasteiger partial charge in [-0.1, -0.05) is 0 Å². The highest BCUT2D eigenvalue weighted by Crippen LogP contribution is 2.33. The maximum atomic E-state index is 14.1. The van der Waals surface area contributed by atoms with Crippen molar-refractivity contribution in [3.05, 3.63) is 97.7 Å². The average Bonchev–Trinajstić information content (AvgIpc) is 3.71. The molecule has 0 fully saturated rings. The van der Waals surface area contributed by atoms with Gasteiger partial charge in [0.05, 0.1) is 27.9 Å². The standard InChI is InChI=1S/C25H18N6O6S2/c1-17-12-24-28-11-10-25(30(24)29-17)31(38(32,33)20-6-2-18(3-7-20)22-13-26-15-36-22)39(34,35)21-8-4-19(5-9-21)23-14-27-16-37-23/h2-16H,1H3. The van der Waals surface area contributed by atoms with Gasteiger partial charge in [0.25, 0.3) is 20.0 Å². The molecule has 0 aliphatic heterocycles. The number of aryl methyl sites for hydroxylation is 1. The zero-order valence-corrected chi connectivity index (χ0v) is 21.7. The minimum Gasteiger partial charge on any atom is -0.444 e. The molecule has 0 aliphatic carbocycles. The van der Waals surface area contributed by atoms with Crippen LogP contribution in [0.4, 0.5) is 5.82 Å². The van der Waals surface area contributed by atoms with Gasteiger partial charge >= 0.3 is 0 Å². The molecule has 0 saturated carbocycles. The first-order valence-corrected chi connectivity index (χ1v) is 14.2. The molecule has 4 heterocycles. The molecule has 0 bridgehead atoms. The Bertz CT molecular complexity index is 1880. The summed E-state index contributed by atoms with van der Waals surface area (Å²) in [5.41, 5.74) is 1.94. The van der Waals surface area contributed by atoms with Crippen LogP contribution in [-0.4, -0.2) is 41.4 Å². The maximum absolute atomic E-state index is 14.1. The van der Waals surface area contributed by atoms with Gasteiger partial charge < -0.3 is 8.83 Å². The lowest BCUT2D eigenvalue weighted by atomic mass is 10.2. The fourth-order valence-corrected chi connectivity index (χ4v) is 7.66. The summed E-state index contributed by atoms with van der Waals surface area (Å²) in [6.45, 7) is 1.69. The maximum Gasteiger partial charge on any atom is 0.279 e. The molecular formula is C25H18N6O6S2. The van der Waals surface area contributed by atoms with Gasteiger partial charge in [0.1, 0.15) is 0 Å². The molecule has 196 valence electrons. The molecule has 0 radical (unpaired) electrons. The lowest BCUT2D eigenvalue weighted by molar-refractivity contribution is 0.571. The van der Waals surface area contributed by atoms with Gasteiger partial charge in [-0.05, 0) is 55.5 Å². The smallest absolute Gasteiger partial charge is 0.279 e. The summed E-state index contributed by atoms with van der Waals surface area (Å²) in [4.78, 5) is 11.4. The van der Waals surface area contributed by atoms with Gasteiger partial charge in [0, 0.05) is 29.5 Å². The number of fused-ring (bicyclic) bond motifs is 1. The first-order valence-electron chi connectivity index (χ1n) is 11.3. The second kappa shape index (κ2) is 9.18. The number of anilines is 1. The molecule has 4 aromatic heterocycles. The Kier molecular flexibility index (Phi) is 5.77. The summed E-state index contributed by atoms with van der Waals surface area (Å²) in [7, 11) is -9.40. The molecule has 14 heteroatoms. The van der Waals surface area contributed by atoms with E-state index in [0.29, 0.717) is 32.1 Å². The predicted octanol–water partition coefficient (Wildman–Crippen LogP) is 3.93. The molecule has 6 aromatic rings. The van der Waals surface area contributed by atoms with Crippen molar-refractivity contribution in [1.82, 2.24) is 24.6 Å². The van der Waals surface area contributed by atoms with Crippen LogP contribution in [0.1, 0.15) is 5.69 Å². The molecule has 0 amide bonds. The van der Waals surface area contributed by atoms with E-state index in [0.717, 1.165) is 0 Å². The van der Waals surface area contributed by atoms with Gasteiger partial charge in [-0.25, -0.2) is 15.0 Å². The second-order valence-electron chi connectivity index (χ2n) is 8.35. The Labute approximate surface area is 222 Å². The number of hydrogen-bond donors (Lipinski definition) is 0. The van der Waals surface area contributed by atoms with Gasteiger partial charge in [-0.3, -0.25) is 0 Å². The number of oxazole rings is 2. The minimum absolute atomic E-state index is 0.230. The molecule has 0 N–H and O–H groups in total. The summed E-state index contributed by atoms with van der Waals surface area (Å²) >= 11 is 0. The topological polar surface area (TPSA) is 154 Å². The Hall–Kier alpha value is -4.82. The van der Waals surface area contributed by atoms with Crippen LogP contribution in [-0.2, 0) is 20.0 Å². The number of rotatable bonds is 7. The number of aromatic nitrogens is 5.